The number of likely N-dealkylation sites (tertiary alicyclic amines) is 1. The second-order valence-electron chi connectivity index (χ2n) is 9.58. The van der Waals surface area contributed by atoms with Crippen LogP contribution >= 0.6 is 0 Å². The van der Waals surface area contributed by atoms with E-state index in [-0.39, 0.29) is 12.3 Å². The summed E-state index contributed by atoms with van der Waals surface area (Å²) < 4.78 is 0. The fourth-order valence-corrected chi connectivity index (χ4v) is 5.30. The van der Waals surface area contributed by atoms with Gasteiger partial charge in [-0.3, -0.25) is 4.79 Å². The SMILES string of the molecule is O=C(O)Cc1ccc(C(O)CCCN2CCC(C(O)(c3ccccc3)c3ccccc3)CC2)cc1. The van der Waals surface area contributed by atoms with Crippen LogP contribution in [0.15, 0.2) is 84.9 Å². The summed E-state index contributed by atoms with van der Waals surface area (Å²) in [6, 6.07) is 27.2. The van der Waals surface area contributed by atoms with Gasteiger partial charge >= 0.3 is 5.97 Å². The van der Waals surface area contributed by atoms with Crippen LogP contribution in [0.4, 0.5) is 0 Å². The number of benzene rings is 3. The van der Waals surface area contributed by atoms with Crippen molar-refractivity contribution < 1.29 is 20.1 Å². The predicted molar refractivity (Wildman–Crippen MR) is 137 cm³/mol. The number of rotatable bonds is 10. The Labute approximate surface area is 207 Å². The summed E-state index contributed by atoms with van der Waals surface area (Å²) in [4.78, 5) is 13.3. The van der Waals surface area contributed by atoms with Crippen LogP contribution < -0.4 is 0 Å². The summed E-state index contributed by atoms with van der Waals surface area (Å²) in [5.74, 6) is -0.716. The molecule has 3 aromatic carbocycles. The summed E-state index contributed by atoms with van der Waals surface area (Å²) in [5, 5.41) is 31.5. The first-order valence-corrected chi connectivity index (χ1v) is 12.5. The lowest BCUT2D eigenvalue weighted by Crippen LogP contribution is -2.44. The van der Waals surface area contributed by atoms with Crippen LogP contribution in [0.1, 0.15) is 54.0 Å². The second-order valence-corrected chi connectivity index (χ2v) is 9.58. The van der Waals surface area contributed by atoms with Crippen molar-refractivity contribution in [2.75, 3.05) is 19.6 Å². The van der Waals surface area contributed by atoms with Crippen molar-refractivity contribution in [3.8, 4) is 0 Å². The summed E-state index contributed by atoms with van der Waals surface area (Å²) in [7, 11) is 0. The highest BCUT2D eigenvalue weighted by Gasteiger charge is 2.41. The summed E-state index contributed by atoms with van der Waals surface area (Å²) in [6.45, 7) is 2.76. The molecule has 0 radical (unpaired) electrons. The molecule has 0 aliphatic carbocycles. The lowest BCUT2D eigenvalue weighted by atomic mass is 9.72. The lowest BCUT2D eigenvalue weighted by Gasteiger charge is -2.42. The maximum Gasteiger partial charge on any atom is 0.307 e. The van der Waals surface area contributed by atoms with Gasteiger partial charge in [-0.2, -0.15) is 0 Å². The minimum Gasteiger partial charge on any atom is -0.481 e. The Morgan fingerprint density at radius 2 is 1.43 bits per heavy atom. The number of piperidine rings is 1. The Kier molecular flexibility index (Phi) is 8.34. The number of hydrogen-bond acceptors (Lipinski definition) is 4. The number of nitrogens with zero attached hydrogens (tertiary/aromatic N) is 1. The monoisotopic (exact) mass is 473 g/mol. The van der Waals surface area contributed by atoms with E-state index in [0.717, 1.165) is 61.2 Å². The van der Waals surface area contributed by atoms with Crippen molar-refractivity contribution in [3.05, 3.63) is 107 Å². The average Bonchev–Trinajstić information content (AvgIpc) is 2.89. The van der Waals surface area contributed by atoms with Crippen LogP contribution in [0.25, 0.3) is 0 Å². The van der Waals surface area contributed by atoms with Crippen LogP contribution in [0, 0.1) is 5.92 Å². The summed E-state index contributed by atoms with van der Waals surface area (Å²) in [6.07, 6.45) is 2.81. The maximum absolute atomic E-state index is 12.0. The van der Waals surface area contributed by atoms with Gasteiger partial charge in [0, 0.05) is 0 Å². The van der Waals surface area contributed by atoms with Gasteiger partial charge in [0.05, 0.1) is 12.5 Å². The molecule has 4 rings (SSSR count). The largest absolute Gasteiger partial charge is 0.481 e. The normalized spacial score (nSPS) is 16.2. The van der Waals surface area contributed by atoms with Gasteiger partial charge in [0.1, 0.15) is 5.60 Å². The van der Waals surface area contributed by atoms with Crippen LogP contribution in [0.5, 0.6) is 0 Å². The Bertz CT molecular complexity index is 1020. The third kappa shape index (κ3) is 6.17. The highest BCUT2D eigenvalue weighted by molar-refractivity contribution is 5.70. The first-order valence-electron chi connectivity index (χ1n) is 12.5. The highest BCUT2D eigenvalue weighted by Crippen LogP contribution is 2.41. The molecule has 0 spiro atoms. The minimum atomic E-state index is -1.00. The van der Waals surface area contributed by atoms with E-state index in [0.29, 0.717) is 6.42 Å². The summed E-state index contributed by atoms with van der Waals surface area (Å²) >= 11 is 0. The van der Waals surface area contributed by atoms with Crippen LogP contribution in [-0.4, -0.2) is 45.8 Å². The fraction of sp³-hybridized carbons (Fsp3) is 0.367. The predicted octanol–water partition coefficient (Wildman–Crippen LogP) is 4.78. The molecule has 3 N–H and O–H groups in total. The minimum absolute atomic E-state index is 0.00397. The molecule has 5 nitrogen and oxygen atoms in total. The van der Waals surface area contributed by atoms with Gasteiger partial charge in [-0.15, -0.1) is 0 Å². The van der Waals surface area contributed by atoms with Crippen molar-refractivity contribution in [2.24, 2.45) is 5.92 Å². The number of carboxylic acids is 1. The Morgan fingerprint density at radius 3 is 1.94 bits per heavy atom. The van der Waals surface area contributed by atoms with E-state index in [1.165, 1.54) is 0 Å². The van der Waals surface area contributed by atoms with Crippen molar-refractivity contribution in [3.63, 3.8) is 0 Å². The molecule has 1 saturated heterocycles. The number of carboxylic acid groups (broad SMARTS) is 1. The van der Waals surface area contributed by atoms with E-state index >= 15 is 0 Å². The molecule has 1 aliphatic rings. The maximum atomic E-state index is 12.0. The van der Waals surface area contributed by atoms with Crippen LogP contribution in [0.3, 0.4) is 0 Å². The smallest absolute Gasteiger partial charge is 0.307 e. The molecule has 0 amide bonds. The van der Waals surface area contributed by atoms with Gasteiger partial charge in [0.15, 0.2) is 0 Å². The zero-order valence-electron chi connectivity index (χ0n) is 20.1. The first kappa shape index (κ1) is 25.1. The molecule has 5 heteroatoms. The van der Waals surface area contributed by atoms with E-state index in [1.54, 1.807) is 12.1 Å². The average molecular weight is 474 g/mol. The summed E-state index contributed by atoms with van der Waals surface area (Å²) in [5.41, 5.74) is 2.46. The number of aliphatic hydroxyl groups is 2. The van der Waals surface area contributed by atoms with Crippen molar-refractivity contribution >= 4 is 5.97 Å². The molecular weight excluding hydrogens is 438 g/mol. The molecule has 1 unspecified atom stereocenters. The molecule has 1 atom stereocenters. The first-order chi connectivity index (χ1) is 17.0. The van der Waals surface area contributed by atoms with Crippen LogP contribution in [-0.2, 0) is 16.8 Å². The van der Waals surface area contributed by atoms with Gasteiger partial charge < -0.3 is 20.2 Å². The van der Waals surface area contributed by atoms with Crippen molar-refractivity contribution in [1.29, 1.82) is 0 Å². The van der Waals surface area contributed by atoms with Gasteiger partial charge in [-0.1, -0.05) is 84.9 Å². The quantitative estimate of drug-likeness (QED) is 0.395. The van der Waals surface area contributed by atoms with E-state index < -0.39 is 17.7 Å². The van der Waals surface area contributed by atoms with Crippen LogP contribution in [0.2, 0.25) is 0 Å². The molecule has 184 valence electrons. The molecule has 0 saturated carbocycles. The Hall–Kier alpha value is -2.99. The molecule has 0 aromatic heterocycles. The molecule has 0 bridgehead atoms. The highest BCUT2D eigenvalue weighted by atomic mass is 16.4. The fourth-order valence-electron chi connectivity index (χ4n) is 5.30. The van der Waals surface area contributed by atoms with E-state index in [9.17, 15) is 15.0 Å². The lowest BCUT2D eigenvalue weighted by molar-refractivity contribution is -0.136. The zero-order chi connectivity index (χ0) is 24.7. The molecule has 1 fully saturated rings. The Balaban J connectivity index is 1.30. The van der Waals surface area contributed by atoms with Gasteiger partial charge in [0.2, 0.25) is 0 Å². The third-order valence-electron chi connectivity index (χ3n) is 7.28. The zero-order valence-corrected chi connectivity index (χ0v) is 20.1. The molecule has 1 aliphatic heterocycles. The topological polar surface area (TPSA) is 81.0 Å². The standard InChI is InChI=1S/C30H35NO4/c32-28(24-15-13-23(14-16-24)22-29(33)34)12-7-19-31-20-17-27(18-21-31)30(35,25-8-3-1-4-9-25)26-10-5-2-6-11-26/h1-6,8-11,13-16,27-28,32,35H,7,12,17-22H2,(H,33,34). The van der Waals surface area contributed by atoms with E-state index in [4.69, 9.17) is 5.11 Å². The van der Waals surface area contributed by atoms with Gasteiger partial charge in [0.25, 0.3) is 0 Å². The third-order valence-corrected chi connectivity index (χ3v) is 7.28. The van der Waals surface area contributed by atoms with E-state index in [1.807, 2.05) is 72.8 Å². The Morgan fingerprint density at radius 1 is 0.886 bits per heavy atom. The second kappa shape index (κ2) is 11.6. The number of aliphatic carboxylic acids is 1. The van der Waals surface area contributed by atoms with Gasteiger partial charge in [-0.25, -0.2) is 0 Å². The molecule has 35 heavy (non-hydrogen) atoms. The van der Waals surface area contributed by atoms with E-state index in [2.05, 4.69) is 4.90 Å². The molecule has 1 heterocycles. The molecular formula is C30H35NO4. The number of hydrogen-bond donors (Lipinski definition) is 3. The number of aliphatic hydroxyl groups excluding tert-OH is 1. The van der Waals surface area contributed by atoms with Gasteiger partial charge in [-0.05, 0) is 73.5 Å². The number of carbonyl (C=O) groups is 1. The molecule has 3 aromatic rings. The van der Waals surface area contributed by atoms with Crippen molar-refractivity contribution in [2.45, 2.75) is 43.8 Å². The van der Waals surface area contributed by atoms with Crippen molar-refractivity contribution in [1.82, 2.24) is 4.90 Å².